The van der Waals surface area contributed by atoms with Crippen LogP contribution in [0, 0.1) is 13.8 Å². The Kier molecular flexibility index (Phi) is 4.60. The van der Waals surface area contributed by atoms with Crippen LogP contribution in [0.3, 0.4) is 0 Å². The fourth-order valence-corrected chi connectivity index (χ4v) is 2.61. The van der Waals surface area contributed by atoms with Gasteiger partial charge in [0.1, 0.15) is 0 Å². The number of carboxylic acids is 1. The molecule has 0 saturated carbocycles. The third kappa shape index (κ3) is 4.40. The molecule has 0 aliphatic rings. The molecule has 0 aromatic heterocycles. The van der Waals surface area contributed by atoms with Gasteiger partial charge in [-0.25, -0.2) is 4.79 Å². The largest absolute Gasteiger partial charge is 0.479 e. The lowest BCUT2D eigenvalue weighted by molar-refractivity contribution is -0.154. The van der Waals surface area contributed by atoms with Gasteiger partial charge in [-0.3, -0.25) is 0 Å². The summed E-state index contributed by atoms with van der Waals surface area (Å²) >= 11 is 1.43. The predicted octanol–water partition coefficient (Wildman–Crippen LogP) is 2.37. The van der Waals surface area contributed by atoms with Crippen molar-refractivity contribution in [1.82, 2.24) is 0 Å². The highest BCUT2D eigenvalue weighted by atomic mass is 32.2. The van der Waals surface area contributed by atoms with E-state index < -0.39 is 11.6 Å². The van der Waals surface area contributed by atoms with Gasteiger partial charge in [0, 0.05) is 11.5 Å². The fourth-order valence-electron chi connectivity index (χ4n) is 1.58. The van der Waals surface area contributed by atoms with Crippen molar-refractivity contribution in [3.8, 4) is 0 Å². The SMILES string of the molecule is Cc1cc(C)cc(CSCC(C)(O)C(=O)O)c1. The van der Waals surface area contributed by atoms with E-state index in [-0.39, 0.29) is 5.75 Å². The average Bonchev–Trinajstić information content (AvgIpc) is 2.15. The number of aryl methyl sites for hydroxylation is 2. The third-order valence-corrected chi connectivity index (χ3v) is 3.70. The first-order valence-corrected chi connectivity index (χ1v) is 6.57. The molecule has 94 valence electrons. The van der Waals surface area contributed by atoms with Crippen molar-refractivity contribution in [2.24, 2.45) is 0 Å². The minimum Gasteiger partial charge on any atom is -0.479 e. The summed E-state index contributed by atoms with van der Waals surface area (Å²) in [6, 6.07) is 6.26. The van der Waals surface area contributed by atoms with E-state index in [1.54, 1.807) is 0 Å². The van der Waals surface area contributed by atoms with Gasteiger partial charge in [-0.2, -0.15) is 11.8 Å². The highest BCUT2D eigenvalue weighted by Gasteiger charge is 2.29. The smallest absolute Gasteiger partial charge is 0.336 e. The molecule has 1 aromatic carbocycles. The Morgan fingerprint density at radius 1 is 1.29 bits per heavy atom. The number of rotatable bonds is 5. The zero-order chi connectivity index (χ0) is 13.1. The second kappa shape index (κ2) is 5.56. The number of thioether (sulfide) groups is 1. The molecule has 0 heterocycles. The van der Waals surface area contributed by atoms with E-state index in [0.717, 1.165) is 5.56 Å². The van der Waals surface area contributed by atoms with E-state index in [1.807, 2.05) is 13.8 Å². The van der Waals surface area contributed by atoms with E-state index in [9.17, 15) is 9.90 Å². The molecule has 4 heteroatoms. The summed E-state index contributed by atoms with van der Waals surface area (Å²) in [6.07, 6.45) is 0. The Balaban J connectivity index is 2.54. The van der Waals surface area contributed by atoms with Crippen molar-refractivity contribution >= 4 is 17.7 Å². The van der Waals surface area contributed by atoms with E-state index in [2.05, 4.69) is 18.2 Å². The molecule has 2 N–H and O–H groups in total. The molecule has 1 atom stereocenters. The molecular weight excluding hydrogens is 236 g/mol. The predicted molar refractivity (Wildman–Crippen MR) is 70.3 cm³/mol. The summed E-state index contributed by atoms with van der Waals surface area (Å²) in [6.45, 7) is 5.40. The van der Waals surface area contributed by atoms with Crippen LogP contribution in [0.1, 0.15) is 23.6 Å². The molecule has 0 saturated heterocycles. The van der Waals surface area contributed by atoms with Gasteiger partial charge in [0.05, 0.1) is 0 Å². The van der Waals surface area contributed by atoms with Gasteiger partial charge < -0.3 is 10.2 Å². The zero-order valence-corrected chi connectivity index (χ0v) is 11.2. The second-order valence-electron chi connectivity index (χ2n) is 4.57. The summed E-state index contributed by atoms with van der Waals surface area (Å²) in [5.74, 6) is -0.271. The summed E-state index contributed by atoms with van der Waals surface area (Å²) < 4.78 is 0. The Bertz CT molecular complexity index is 393. The quantitative estimate of drug-likeness (QED) is 0.847. The Morgan fingerprint density at radius 3 is 2.29 bits per heavy atom. The van der Waals surface area contributed by atoms with E-state index in [4.69, 9.17) is 5.11 Å². The van der Waals surface area contributed by atoms with Crippen LogP contribution in [0.4, 0.5) is 0 Å². The second-order valence-corrected chi connectivity index (χ2v) is 5.55. The van der Waals surface area contributed by atoms with E-state index in [1.165, 1.54) is 29.8 Å². The van der Waals surface area contributed by atoms with Gasteiger partial charge in [0.25, 0.3) is 0 Å². The first-order valence-electron chi connectivity index (χ1n) is 5.42. The van der Waals surface area contributed by atoms with Crippen LogP contribution in [0.25, 0.3) is 0 Å². The Morgan fingerprint density at radius 2 is 1.82 bits per heavy atom. The molecule has 0 bridgehead atoms. The summed E-state index contributed by atoms with van der Waals surface area (Å²) in [7, 11) is 0. The number of hydrogen-bond donors (Lipinski definition) is 2. The molecule has 0 amide bonds. The van der Waals surface area contributed by atoms with Gasteiger partial charge in [0.15, 0.2) is 5.60 Å². The number of hydrogen-bond acceptors (Lipinski definition) is 3. The molecule has 0 spiro atoms. The van der Waals surface area contributed by atoms with Gasteiger partial charge in [0.2, 0.25) is 0 Å². The number of aliphatic hydroxyl groups is 1. The standard InChI is InChI=1S/C13H18O3S/c1-9-4-10(2)6-11(5-9)7-17-8-13(3,16)12(14)15/h4-6,16H,7-8H2,1-3H3,(H,14,15). The third-order valence-electron chi connectivity index (χ3n) is 2.39. The van der Waals surface area contributed by atoms with Gasteiger partial charge >= 0.3 is 5.97 Å². The van der Waals surface area contributed by atoms with Crippen LogP contribution >= 0.6 is 11.8 Å². The molecule has 1 unspecified atom stereocenters. The van der Waals surface area contributed by atoms with Gasteiger partial charge in [-0.15, -0.1) is 0 Å². The number of carbonyl (C=O) groups is 1. The van der Waals surface area contributed by atoms with Crippen molar-refractivity contribution in [3.63, 3.8) is 0 Å². The number of carboxylic acid groups (broad SMARTS) is 1. The normalized spacial score (nSPS) is 14.4. The minimum absolute atomic E-state index is 0.190. The summed E-state index contributed by atoms with van der Waals surface area (Å²) in [4.78, 5) is 10.7. The Hall–Kier alpha value is -1.00. The first-order chi connectivity index (χ1) is 7.81. The van der Waals surface area contributed by atoms with Crippen LogP contribution < -0.4 is 0 Å². The molecule has 17 heavy (non-hydrogen) atoms. The van der Waals surface area contributed by atoms with Gasteiger partial charge in [-0.05, 0) is 26.3 Å². The zero-order valence-electron chi connectivity index (χ0n) is 10.4. The van der Waals surface area contributed by atoms with Crippen molar-refractivity contribution in [3.05, 3.63) is 34.9 Å². The lowest BCUT2D eigenvalue weighted by Gasteiger charge is -2.17. The van der Waals surface area contributed by atoms with Crippen LogP contribution in [0.2, 0.25) is 0 Å². The van der Waals surface area contributed by atoms with Crippen molar-refractivity contribution in [2.45, 2.75) is 32.1 Å². The fraction of sp³-hybridized carbons (Fsp3) is 0.462. The maximum Gasteiger partial charge on any atom is 0.336 e. The molecule has 0 radical (unpaired) electrons. The molecular formula is C13H18O3S. The van der Waals surface area contributed by atoms with Crippen LogP contribution in [-0.2, 0) is 10.5 Å². The molecule has 3 nitrogen and oxygen atoms in total. The monoisotopic (exact) mass is 254 g/mol. The molecule has 0 fully saturated rings. The van der Waals surface area contributed by atoms with Crippen molar-refractivity contribution in [1.29, 1.82) is 0 Å². The lowest BCUT2D eigenvalue weighted by Crippen LogP contribution is -2.37. The van der Waals surface area contributed by atoms with E-state index in [0.29, 0.717) is 5.75 Å². The highest BCUT2D eigenvalue weighted by Crippen LogP contribution is 2.20. The molecule has 0 aliphatic heterocycles. The maximum absolute atomic E-state index is 10.7. The van der Waals surface area contributed by atoms with Crippen molar-refractivity contribution in [2.75, 3.05) is 5.75 Å². The topological polar surface area (TPSA) is 57.5 Å². The Labute approximate surface area is 106 Å². The van der Waals surface area contributed by atoms with Crippen LogP contribution in [-0.4, -0.2) is 27.5 Å². The average molecular weight is 254 g/mol. The highest BCUT2D eigenvalue weighted by molar-refractivity contribution is 7.98. The van der Waals surface area contributed by atoms with Crippen molar-refractivity contribution < 1.29 is 15.0 Å². The lowest BCUT2D eigenvalue weighted by atomic mass is 10.1. The number of benzene rings is 1. The van der Waals surface area contributed by atoms with Gasteiger partial charge in [-0.1, -0.05) is 29.3 Å². The summed E-state index contributed by atoms with van der Waals surface area (Å²) in [5, 5.41) is 18.3. The van der Waals surface area contributed by atoms with E-state index >= 15 is 0 Å². The minimum atomic E-state index is -1.65. The maximum atomic E-state index is 10.7. The number of aliphatic carboxylic acids is 1. The molecule has 1 rings (SSSR count). The van der Waals surface area contributed by atoms with Crippen LogP contribution in [0.15, 0.2) is 18.2 Å². The molecule has 0 aliphatic carbocycles. The van der Waals surface area contributed by atoms with Crippen LogP contribution in [0.5, 0.6) is 0 Å². The molecule has 1 aromatic rings. The summed E-state index contributed by atoms with van der Waals surface area (Å²) in [5.41, 5.74) is 1.91. The first kappa shape index (κ1) is 14.1.